The van der Waals surface area contributed by atoms with Gasteiger partial charge in [0.2, 0.25) is 5.91 Å². The fourth-order valence-corrected chi connectivity index (χ4v) is 5.19. The fraction of sp³-hybridized carbons (Fsp3) is 0.406. The third-order valence-electron chi connectivity index (χ3n) is 7.06. The van der Waals surface area contributed by atoms with Crippen LogP contribution in [0.5, 0.6) is 11.5 Å². The lowest BCUT2D eigenvalue weighted by atomic mass is 9.84. The average molecular weight is 486 g/mol. The molecule has 1 aliphatic heterocycles. The van der Waals surface area contributed by atoms with Gasteiger partial charge in [-0.15, -0.1) is 0 Å². The number of methoxy groups -OCH3 is 1. The number of benzene rings is 3. The van der Waals surface area contributed by atoms with Crippen LogP contribution in [0, 0.1) is 19.3 Å². The van der Waals surface area contributed by atoms with Crippen molar-refractivity contribution in [2.45, 2.75) is 66.7 Å². The van der Waals surface area contributed by atoms with Crippen LogP contribution < -0.4 is 14.8 Å². The molecule has 0 saturated carbocycles. The Morgan fingerprint density at radius 2 is 1.78 bits per heavy atom. The standard InChI is InChI=1S/C32H39NO3/c1-19(2)22-12-14-23(15-13-22)26-18-36-31-28(24-10-9-11-25(16-24)35-8)20(3)30(21(4)29(26)31)33-27(34)17-32(5,6)7/h9-16,19,26H,17-18H2,1-8H3,(H,33,34). The van der Waals surface area contributed by atoms with Crippen molar-refractivity contribution in [3.05, 3.63) is 76.3 Å². The Morgan fingerprint density at radius 1 is 1.08 bits per heavy atom. The molecule has 1 atom stereocenters. The number of fused-ring (bicyclic) bond motifs is 1. The molecule has 3 aromatic carbocycles. The van der Waals surface area contributed by atoms with Gasteiger partial charge in [-0.1, -0.05) is 71.0 Å². The molecule has 1 aliphatic rings. The SMILES string of the molecule is COc1cccc(-c2c(C)c(NC(=O)CC(C)(C)C)c(C)c3c2OCC3c2ccc(C(C)C)cc2)c1. The molecule has 1 unspecified atom stereocenters. The van der Waals surface area contributed by atoms with E-state index in [-0.39, 0.29) is 17.2 Å². The van der Waals surface area contributed by atoms with Crippen molar-refractivity contribution in [2.24, 2.45) is 5.41 Å². The Balaban J connectivity index is 1.89. The summed E-state index contributed by atoms with van der Waals surface area (Å²) in [5, 5.41) is 3.27. The van der Waals surface area contributed by atoms with E-state index in [1.165, 1.54) is 11.1 Å². The molecule has 1 amide bonds. The maximum atomic E-state index is 13.1. The van der Waals surface area contributed by atoms with Crippen molar-refractivity contribution in [3.63, 3.8) is 0 Å². The molecule has 190 valence electrons. The maximum absolute atomic E-state index is 13.1. The van der Waals surface area contributed by atoms with Crippen LogP contribution in [0.4, 0.5) is 5.69 Å². The summed E-state index contributed by atoms with van der Waals surface area (Å²) in [5.41, 5.74) is 8.62. The van der Waals surface area contributed by atoms with Crippen molar-refractivity contribution in [2.75, 3.05) is 19.0 Å². The molecule has 0 spiro atoms. The van der Waals surface area contributed by atoms with Gasteiger partial charge in [-0.25, -0.2) is 0 Å². The fourth-order valence-electron chi connectivity index (χ4n) is 5.19. The summed E-state index contributed by atoms with van der Waals surface area (Å²) in [7, 11) is 1.68. The lowest BCUT2D eigenvalue weighted by Crippen LogP contribution is -2.21. The molecular formula is C32H39NO3. The molecule has 0 fully saturated rings. The summed E-state index contributed by atoms with van der Waals surface area (Å²) in [5.74, 6) is 2.31. The average Bonchev–Trinajstić information content (AvgIpc) is 3.26. The van der Waals surface area contributed by atoms with Gasteiger partial charge >= 0.3 is 0 Å². The molecule has 1 heterocycles. The van der Waals surface area contributed by atoms with Crippen LogP contribution >= 0.6 is 0 Å². The predicted molar refractivity (Wildman–Crippen MR) is 148 cm³/mol. The van der Waals surface area contributed by atoms with Crippen LogP contribution in [0.15, 0.2) is 48.5 Å². The van der Waals surface area contributed by atoms with E-state index in [9.17, 15) is 4.79 Å². The summed E-state index contributed by atoms with van der Waals surface area (Å²) in [6.45, 7) is 15.4. The third-order valence-corrected chi connectivity index (χ3v) is 7.06. The van der Waals surface area contributed by atoms with Crippen molar-refractivity contribution in [1.82, 2.24) is 0 Å². The molecule has 0 aromatic heterocycles. The van der Waals surface area contributed by atoms with Gasteiger partial charge < -0.3 is 14.8 Å². The first kappa shape index (κ1) is 25.8. The van der Waals surface area contributed by atoms with Crippen LogP contribution in [0.1, 0.15) is 80.7 Å². The molecule has 4 heteroatoms. The Labute approximate surface area is 216 Å². The monoisotopic (exact) mass is 485 g/mol. The molecule has 4 rings (SSSR count). The van der Waals surface area contributed by atoms with Gasteiger partial charge in [0.15, 0.2) is 0 Å². The number of hydrogen-bond acceptors (Lipinski definition) is 3. The zero-order valence-electron chi connectivity index (χ0n) is 22.9. The first-order valence-electron chi connectivity index (χ1n) is 12.8. The van der Waals surface area contributed by atoms with Gasteiger partial charge in [0.25, 0.3) is 0 Å². The second-order valence-electron chi connectivity index (χ2n) is 11.4. The van der Waals surface area contributed by atoms with Gasteiger partial charge in [0.1, 0.15) is 11.5 Å². The lowest BCUT2D eigenvalue weighted by Gasteiger charge is -2.23. The van der Waals surface area contributed by atoms with Crippen molar-refractivity contribution in [1.29, 1.82) is 0 Å². The van der Waals surface area contributed by atoms with Crippen LogP contribution in [-0.4, -0.2) is 19.6 Å². The minimum atomic E-state index is -0.0952. The minimum Gasteiger partial charge on any atom is -0.497 e. The highest BCUT2D eigenvalue weighted by atomic mass is 16.5. The number of nitrogens with one attached hydrogen (secondary N) is 1. The highest BCUT2D eigenvalue weighted by molar-refractivity contribution is 5.96. The van der Waals surface area contributed by atoms with Crippen LogP contribution in [0.25, 0.3) is 11.1 Å². The minimum absolute atomic E-state index is 0.0296. The van der Waals surface area contributed by atoms with Crippen LogP contribution in [0.3, 0.4) is 0 Å². The Kier molecular flexibility index (Phi) is 7.17. The van der Waals surface area contributed by atoms with E-state index in [2.05, 4.69) is 84.1 Å². The normalized spacial score (nSPS) is 15.0. The Hall–Kier alpha value is -3.27. The van der Waals surface area contributed by atoms with Gasteiger partial charge in [-0.2, -0.15) is 0 Å². The second-order valence-corrected chi connectivity index (χ2v) is 11.4. The summed E-state index contributed by atoms with van der Waals surface area (Å²) in [6, 6.07) is 16.9. The molecule has 3 aromatic rings. The molecule has 0 bridgehead atoms. The van der Waals surface area contributed by atoms with E-state index in [0.717, 1.165) is 45.0 Å². The highest BCUT2D eigenvalue weighted by Crippen LogP contribution is 2.51. The van der Waals surface area contributed by atoms with Crippen molar-refractivity contribution < 1.29 is 14.3 Å². The molecule has 0 aliphatic carbocycles. The van der Waals surface area contributed by atoms with Gasteiger partial charge in [-0.05, 0) is 65.1 Å². The van der Waals surface area contributed by atoms with Crippen molar-refractivity contribution >= 4 is 11.6 Å². The second kappa shape index (κ2) is 10.0. The van der Waals surface area contributed by atoms with E-state index < -0.39 is 0 Å². The van der Waals surface area contributed by atoms with E-state index in [0.29, 0.717) is 18.9 Å². The number of carbonyl (C=O) groups excluding carboxylic acids is 1. The molecule has 0 radical (unpaired) electrons. The van der Waals surface area contributed by atoms with E-state index in [1.807, 2.05) is 18.2 Å². The topological polar surface area (TPSA) is 47.6 Å². The molecular weight excluding hydrogens is 446 g/mol. The lowest BCUT2D eigenvalue weighted by molar-refractivity contribution is -0.117. The molecule has 4 nitrogen and oxygen atoms in total. The van der Waals surface area contributed by atoms with E-state index in [4.69, 9.17) is 9.47 Å². The summed E-state index contributed by atoms with van der Waals surface area (Å²) in [4.78, 5) is 13.1. The summed E-state index contributed by atoms with van der Waals surface area (Å²) in [6.07, 6.45) is 0.452. The summed E-state index contributed by atoms with van der Waals surface area (Å²) < 4.78 is 12.0. The van der Waals surface area contributed by atoms with E-state index in [1.54, 1.807) is 7.11 Å². The van der Waals surface area contributed by atoms with Crippen LogP contribution in [-0.2, 0) is 4.79 Å². The van der Waals surface area contributed by atoms with Gasteiger partial charge in [-0.3, -0.25) is 4.79 Å². The summed E-state index contributed by atoms with van der Waals surface area (Å²) >= 11 is 0. The first-order valence-corrected chi connectivity index (χ1v) is 12.8. The Morgan fingerprint density at radius 3 is 2.39 bits per heavy atom. The van der Waals surface area contributed by atoms with Gasteiger partial charge in [0, 0.05) is 29.2 Å². The molecule has 1 N–H and O–H groups in total. The molecule has 0 saturated heterocycles. The number of hydrogen-bond donors (Lipinski definition) is 1. The number of anilines is 1. The first-order chi connectivity index (χ1) is 17.0. The zero-order valence-corrected chi connectivity index (χ0v) is 22.9. The number of rotatable bonds is 6. The van der Waals surface area contributed by atoms with Crippen LogP contribution in [0.2, 0.25) is 0 Å². The number of amides is 1. The van der Waals surface area contributed by atoms with Crippen molar-refractivity contribution in [3.8, 4) is 22.6 Å². The smallest absolute Gasteiger partial charge is 0.224 e. The highest BCUT2D eigenvalue weighted by Gasteiger charge is 2.34. The van der Waals surface area contributed by atoms with E-state index >= 15 is 0 Å². The largest absolute Gasteiger partial charge is 0.497 e. The Bertz CT molecular complexity index is 1270. The predicted octanol–water partition coefficient (Wildman–Crippen LogP) is 8.00. The zero-order chi connectivity index (χ0) is 26.2. The van der Waals surface area contributed by atoms with Gasteiger partial charge in [0.05, 0.1) is 13.7 Å². The maximum Gasteiger partial charge on any atom is 0.224 e. The third kappa shape index (κ3) is 5.13. The molecule has 36 heavy (non-hydrogen) atoms. The quantitative estimate of drug-likeness (QED) is 0.385. The number of ether oxygens (including phenoxy) is 2. The number of carbonyl (C=O) groups is 1.